The standard InChI is InChI=1S/C27H24F2N4OS/c1-31-13-11-19-20-15-33(27(34)30-22-10-9-18(28)14-21(22)29)25(17-6-3-2-4-7-17)23-8-5-12-32(23)26(20)35-24(19)16-31/h2-10,12,14,25H,11,13,15-16H2,1H3,(H,30,34)/t25-/m1/s1. The molecule has 2 aliphatic rings. The molecule has 4 heterocycles. The van der Waals surface area contributed by atoms with Crippen molar-refractivity contribution in [3.8, 4) is 5.00 Å². The Hall–Kier alpha value is -3.49. The van der Waals surface area contributed by atoms with E-state index in [2.05, 4.69) is 28.0 Å². The van der Waals surface area contributed by atoms with Gasteiger partial charge in [0, 0.05) is 35.8 Å². The summed E-state index contributed by atoms with van der Waals surface area (Å²) in [6, 6.07) is 16.3. The summed E-state index contributed by atoms with van der Waals surface area (Å²) in [6.45, 7) is 2.24. The number of nitrogens with one attached hydrogen (secondary N) is 1. The molecule has 5 nitrogen and oxygen atoms in total. The second-order valence-electron chi connectivity index (χ2n) is 9.07. The molecule has 0 unspecified atom stereocenters. The van der Waals surface area contributed by atoms with Gasteiger partial charge in [-0.1, -0.05) is 30.3 Å². The van der Waals surface area contributed by atoms with Crippen molar-refractivity contribution in [2.75, 3.05) is 18.9 Å². The molecule has 0 fully saturated rings. The van der Waals surface area contributed by atoms with Gasteiger partial charge in [-0.3, -0.25) is 0 Å². The molecule has 0 radical (unpaired) electrons. The van der Waals surface area contributed by atoms with Crippen molar-refractivity contribution in [1.82, 2.24) is 14.4 Å². The number of benzene rings is 2. The number of carbonyl (C=O) groups is 1. The van der Waals surface area contributed by atoms with E-state index in [1.165, 1.54) is 16.5 Å². The molecule has 8 heteroatoms. The number of rotatable bonds is 2. The van der Waals surface area contributed by atoms with E-state index in [4.69, 9.17) is 0 Å². The average molecular weight is 491 g/mol. The SMILES string of the molecule is CN1CCc2c(sc3c2CN(C(=O)Nc2ccc(F)cc2F)[C@H](c2ccccc2)c2cccn2-3)C1. The lowest BCUT2D eigenvalue weighted by Crippen LogP contribution is -2.38. The van der Waals surface area contributed by atoms with Crippen LogP contribution in [0.5, 0.6) is 0 Å². The molecule has 178 valence electrons. The minimum Gasteiger partial charge on any atom is -0.310 e. The van der Waals surface area contributed by atoms with E-state index in [0.717, 1.165) is 53.5 Å². The Morgan fingerprint density at radius 3 is 2.66 bits per heavy atom. The summed E-state index contributed by atoms with van der Waals surface area (Å²) >= 11 is 1.78. The van der Waals surface area contributed by atoms with Crippen LogP contribution in [0.15, 0.2) is 66.9 Å². The van der Waals surface area contributed by atoms with Crippen LogP contribution in [0.4, 0.5) is 19.3 Å². The number of amides is 2. The van der Waals surface area contributed by atoms with Crippen LogP contribution in [-0.4, -0.2) is 34.0 Å². The fourth-order valence-corrected chi connectivity index (χ4v) is 6.56. The van der Waals surface area contributed by atoms with Crippen LogP contribution in [0.25, 0.3) is 5.00 Å². The topological polar surface area (TPSA) is 40.5 Å². The third-order valence-electron chi connectivity index (χ3n) is 6.80. The fraction of sp³-hybridized carbons (Fsp3) is 0.222. The molecule has 0 bridgehead atoms. The number of fused-ring (bicyclic) bond motifs is 5. The van der Waals surface area contributed by atoms with Crippen molar-refractivity contribution >= 4 is 23.1 Å². The predicted octanol–water partition coefficient (Wildman–Crippen LogP) is 5.94. The summed E-state index contributed by atoms with van der Waals surface area (Å²) in [4.78, 5) is 19.2. The van der Waals surface area contributed by atoms with Gasteiger partial charge in [0.1, 0.15) is 16.6 Å². The van der Waals surface area contributed by atoms with Gasteiger partial charge in [-0.05, 0) is 48.9 Å². The maximum Gasteiger partial charge on any atom is 0.323 e. The van der Waals surface area contributed by atoms with Gasteiger partial charge in [0.05, 0.1) is 24.0 Å². The lowest BCUT2D eigenvalue weighted by molar-refractivity contribution is 0.194. The Kier molecular flexibility index (Phi) is 5.42. The number of anilines is 1. The van der Waals surface area contributed by atoms with Gasteiger partial charge in [0.15, 0.2) is 0 Å². The first-order valence-electron chi connectivity index (χ1n) is 11.6. The third-order valence-corrected chi connectivity index (χ3v) is 8.06. The van der Waals surface area contributed by atoms with E-state index in [0.29, 0.717) is 6.54 Å². The zero-order valence-corrected chi connectivity index (χ0v) is 20.0. The summed E-state index contributed by atoms with van der Waals surface area (Å²) in [5.74, 6) is -1.49. The third kappa shape index (κ3) is 3.83. The number of carbonyl (C=O) groups excluding carboxylic acids is 1. The molecule has 4 aromatic rings. The Labute approximate surface area is 206 Å². The van der Waals surface area contributed by atoms with Gasteiger partial charge in [-0.15, -0.1) is 11.3 Å². The maximum atomic E-state index is 14.4. The summed E-state index contributed by atoms with van der Waals surface area (Å²) in [7, 11) is 2.12. The minimum atomic E-state index is -0.801. The molecule has 2 amide bonds. The van der Waals surface area contributed by atoms with Gasteiger partial charge >= 0.3 is 6.03 Å². The van der Waals surface area contributed by atoms with Crippen molar-refractivity contribution < 1.29 is 13.6 Å². The summed E-state index contributed by atoms with van der Waals surface area (Å²) in [6.07, 6.45) is 2.98. The zero-order chi connectivity index (χ0) is 24.1. The van der Waals surface area contributed by atoms with E-state index in [9.17, 15) is 13.6 Å². The van der Waals surface area contributed by atoms with Gasteiger partial charge in [0.25, 0.3) is 0 Å². The minimum absolute atomic E-state index is 0.0444. The summed E-state index contributed by atoms with van der Waals surface area (Å²) < 4.78 is 30.1. The highest BCUT2D eigenvalue weighted by molar-refractivity contribution is 7.15. The Morgan fingerprint density at radius 2 is 1.86 bits per heavy atom. The highest BCUT2D eigenvalue weighted by atomic mass is 32.1. The Morgan fingerprint density at radius 1 is 1.03 bits per heavy atom. The van der Waals surface area contributed by atoms with Crippen molar-refractivity contribution in [2.45, 2.75) is 25.6 Å². The molecule has 0 saturated carbocycles. The van der Waals surface area contributed by atoms with E-state index < -0.39 is 17.7 Å². The van der Waals surface area contributed by atoms with Crippen LogP contribution >= 0.6 is 11.3 Å². The number of aromatic nitrogens is 1. The monoisotopic (exact) mass is 490 g/mol. The predicted molar refractivity (Wildman–Crippen MR) is 133 cm³/mol. The number of nitrogens with zero attached hydrogens (tertiary/aromatic N) is 3. The molecule has 2 aliphatic heterocycles. The second-order valence-corrected chi connectivity index (χ2v) is 10.2. The summed E-state index contributed by atoms with van der Waals surface area (Å²) in [5.41, 5.74) is 4.34. The first-order valence-corrected chi connectivity index (χ1v) is 12.4. The number of hydrogen-bond acceptors (Lipinski definition) is 3. The first-order chi connectivity index (χ1) is 17.0. The number of thiophene rings is 1. The highest BCUT2D eigenvalue weighted by Gasteiger charge is 2.36. The maximum absolute atomic E-state index is 14.4. The van der Waals surface area contributed by atoms with Crippen LogP contribution < -0.4 is 5.32 Å². The molecule has 2 aromatic heterocycles. The molecule has 0 spiro atoms. The first kappa shape index (κ1) is 22.0. The number of likely N-dealkylation sites (N-methyl/N-ethyl adjacent to an activating group) is 1. The van der Waals surface area contributed by atoms with Gasteiger partial charge < -0.3 is 19.7 Å². The van der Waals surface area contributed by atoms with E-state index in [1.54, 1.807) is 16.2 Å². The average Bonchev–Trinajstić information content (AvgIpc) is 3.42. The van der Waals surface area contributed by atoms with E-state index in [-0.39, 0.29) is 11.7 Å². The Bertz CT molecular complexity index is 1410. The zero-order valence-electron chi connectivity index (χ0n) is 19.2. The van der Waals surface area contributed by atoms with Crippen LogP contribution in [-0.2, 0) is 19.5 Å². The highest BCUT2D eigenvalue weighted by Crippen LogP contribution is 2.43. The van der Waals surface area contributed by atoms with Gasteiger partial charge in [-0.2, -0.15) is 0 Å². The molecule has 6 rings (SSSR count). The number of hydrogen-bond donors (Lipinski definition) is 1. The molecular formula is C27H24F2N4OS. The fourth-order valence-electron chi connectivity index (χ4n) is 5.12. The van der Waals surface area contributed by atoms with Crippen molar-refractivity contribution in [2.24, 2.45) is 0 Å². The number of urea groups is 1. The molecule has 2 aromatic carbocycles. The molecule has 1 atom stereocenters. The van der Waals surface area contributed by atoms with Crippen molar-refractivity contribution in [3.63, 3.8) is 0 Å². The molecule has 35 heavy (non-hydrogen) atoms. The number of halogens is 2. The van der Waals surface area contributed by atoms with Crippen molar-refractivity contribution in [3.05, 3.63) is 106 Å². The molecular weight excluding hydrogens is 466 g/mol. The van der Waals surface area contributed by atoms with E-state index >= 15 is 0 Å². The second kappa shape index (κ2) is 8.62. The molecule has 1 N–H and O–H groups in total. The molecule has 0 saturated heterocycles. The van der Waals surface area contributed by atoms with Crippen LogP contribution in [0, 0.1) is 11.6 Å². The van der Waals surface area contributed by atoms with E-state index in [1.807, 2.05) is 42.5 Å². The van der Waals surface area contributed by atoms with Crippen LogP contribution in [0.2, 0.25) is 0 Å². The quantitative estimate of drug-likeness (QED) is 0.378. The summed E-state index contributed by atoms with van der Waals surface area (Å²) in [5, 5.41) is 3.83. The Balaban J connectivity index is 1.49. The lowest BCUT2D eigenvalue weighted by Gasteiger charge is -2.32. The largest absolute Gasteiger partial charge is 0.323 e. The molecule has 0 aliphatic carbocycles. The van der Waals surface area contributed by atoms with Gasteiger partial charge in [0.2, 0.25) is 0 Å². The lowest BCUT2D eigenvalue weighted by atomic mass is 10.0. The van der Waals surface area contributed by atoms with Gasteiger partial charge in [-0.25, -0.2) is 13.6 Å². The van der Waals surface area contributed by atoms with Crippen LogP contribution in [0.1, 0.15) is 33.3 Å². The normalized spacial score (nSPS) is 17.3. The smallest absolute Gasteiger partial charge is 0.310 e. The van der Waals surface area contributed by atoms with Crippen LogP contribution in [0.3, 0.4) is 0 Å². The van der Waals surface area contributed by atoms with Crippen molar-refractivity contribution in [1.29, 1.82) is 0 Å².